The number of hydrogen-bond acceptors (Lipinski definition) is 5. The van der Waals surface area contributed by atoms with Gasteiger partial charge in [-0.25, -0.2) is 9.97 Å². The van der Waals surface area contributed by atoms with Crippen molar-refractivity contribution in [3.8, 4) is 0 Å². The first kappa shape index (κ1) is 17.3. The van der Waals surface area contributed by atoms with Gasteiger partial charge in [-0.3, -0.25) is 4.79 Å². The molecule has 3 rings (SSSR count). The van der Waals surface area contributed by atoms with Crippen molar-refractivity contribution < 1.29 is 4.79 Å². The number of carbonyl (C=O) groups excluding carboxylic acids is 1. The zero-order valence-corrected chi connectivity index (χ0v) is 15.3. The summed E-state index contributed by atoms with van der Waals surface area (Å²) in [5.74, 6) is 0.598. The number of pyridine rings is 1. The Hall–Kier alpha value is -2.53. The summed E-state index contributed by atoms with van der Waals surface area (Å²) in [5.41, 5.74) is 10.6. The first-order valence-electron chi connectivity index (χ1n) is 8.27. The number of anilines is 1. The van der Waals surface area contributed by atoms with E-state index in [0.29, 0.717) is 24.4 Å². The average molecular weight is 351 g/mol. The zero-order chi connectivity index (χ0) is 17.8. The van der Waals surface area contributed by atoms with Gasteiger partial charge >= 0.3 is 0 Å². The number of Topliss-reactive ketones (excluding diaryl/α,β-unsaturated/α-hetero) is 1. The Bertz CT molecular complexity index is 864. The van der Waals surface area contributed by atoms with Crippen LogP contribution < -0.4 is 5.73 Å². The van der Waals surface area contributed by atoms with Crippen LogP contribution in [0, 0.1) is 13.8 Å². The van der Waals surface area contributed by atoms with Gasteiger partial charge in [0.1, 0.15) is 11.5 Å². The van der Waals surface area contributed by atoms with Crippen LogP contribution in [0.15, 0.2) is 41.8 Å². The monoisotopic (exact) mass is 351 g/mol. The van der Waals surface area contributed by atoms with E-state index in [1.807, 2.05) is 43.5 Å². The minimum atomic E-state index is 0.0752. The van der Waals surface area contributed by atoms with Crippen LogP contribution in [0.5, 0.6) is 0 Å². The quantitative estimate of drug-likeness (QED) is 0.678. The molecule has 2 heterocycles. The molecule has 0 atom stereocenters. The number of hydrogen-bond donors (Lipinski definition) is 1. The summed E-state index contributed by atoms with van der Waals surface area (Å²) >= 11 is 1.54. The van der Waals surface area contributed by atoms with Gasteiger partial charge in [-0.15, -0.1) is 11.3 Å². The van der Waals surface area contributed by atoms with E-state index in [4.69, 9.17) is 5.73 Å². The minimum absolute atomic E-state index is 0.0752. The summed E-state index contributed by atoms with van der Waals surface area (Å²) in [6.45, 7) is 3.94. The van der Waals surface area contributed by atoms with E-state index in [-0.39, 0.29) is 5.78 Å². The second-order valence-corrected chi connectivity index (χ2v) is 7.08. The molecule has 0 unspecified atom stereocenters. The van der Waals surface area contributed by atoms with Gasteiger partial charge in [-0.2, -0.15) is 0 Å². The van der Waals surface area contributed by atoms with Gasteiger partial charge in [0.05, 0.1) is 5.01 Å². The predicted octanol–water partition coefficient (Wildman–Crippen LogP) is 4.14. The molecule has 4 nitrogen and oxygen atoms in total. The fourth-order valence-electron chi connectivity index (χ4n) is 2.92. The fourth-order valence-corrected chi connectivity index (χ4v) is 3.76. The van der Waals surface area contributed by atoms with Crippen LogP contribution >= 0.6 is 11.3 Å². The molecule has 3 aromatic rings. The van der Waals surface area contributed by atoms with Crippen molar-refractivity contribution in [3.05, 3.63) is 74.9 Å². The number of nitrogen functional groups attached to an aromatic ring is 1. The van der Waals surface area contributed by atoms with Crippen molar-refractivity contribution in [1.29, 1.82) is 0 Å². The van der Waals surface area contributed by atoms with E-state index >= 15 is 0 Å². The number of ketones is 1. The highest BCUT2D eigenvalue weighted by molar-refractivity contribution is 7.09. The zero-order valence-electron chi connectivity index (χ0n) is 14.5. The molecule has 0 fully saturated rings. The second-order valence-electron chi connectivity index (χ2n) is 6.14. The fraction of sp³-hybridized carbons (Fsp3) is 0.250. The summed E-state index contributed by atoms with van der Waals surface area (Å²) in [7, 11) is 0. The number of aryl methyl sites for hydroxylation is 2. The molecule has 2 N–H and O–H groups in total. The van der Waals surface area contributed by atoms with Crippen LogP contribution in [0.2, 0.25) is 0 Å². The third-order valence-electron chi connectivity index (χ3n) is 4.21. The highest BCUT2D eigenvalue weighted by Gasteiger charge is 2.13. The lowest BCUT2D eigenvalue weighted by Gasteiger charge is -2.09. The molecule has 128 valence electrons. The third-order valence-corrected chi connectivity index (χ3v) is 5.06. The van der Waals surface area contributed by atoms with Gasteiger partial charge in [0, 0.05) is 23.9 Å². The lowest BCUT2D eigenvalue weighted by atomic mass is 10.0. The molecule has 0 saturated carbocycles. The lowest BCUT2D eigenvalue weighted by molar-refractivity contribution is 0.0978. The smallest absolute Gasteiger partial charge is 0.182 e. The van der Waals surface area contributed by atoms with Crippen molar-refractivity contribution in [2.45, 2.75) is 33.1 Å². The molecule has 0 aliphatic rings. The summed E-state index contributed by atoms with van der Waals surface area (Å²) < 4.78 is 0. The van der Waals surface area contributed by atoms with Crippen LogP contribution in [0.4, 0.5) is 5.82 Å². The van der Waals surface area contributed by atoms with Crippen LogP contribution in [-0.4, -0.2) is 15.8 Å². The SMILES string of the molecule is Cc1cc(N)nc(C)c1CCC(=O)c1csc(Cc2ccccc2)n1. The van der Waals surface area contributed by atoms with Crippen LogP contribution in [-0.2, 0) is 12.8 Å². The summed E-state index contributed by atoms with van der Waals surface area (Å²) in [5, 5.41) is 2.83. The molecule has 0 bridgehead atoms. The van der Waals surface area contributed by atoms with Crippen molar-refractivity contribution in [1.82, 2.24) is 9.97 Å². The Kier molecular flexibility index (Phi) is 5.24. The Morgan fingerprint density at radius 3 is 2.64 bits per heavy atom. The van der Waals surface area contributed by atoms with E-state index in [0.717, 1.165) is 28.2 Å². The van der Waals surface area contributed by atoms with Gasteiger partial charge < -0.3 is 5.73 Å². The van der Waals surface area contributed by atoms with Crippen molar-refractivity contribution in [3.63, 3.8) is 0 Å². The van der Waals surface area contributed by atoms with Gasteiger partial charge in [0.25, 0.3) is 0 Å². The van der Waals surface area contributed by atoms with E-state index in [2.05, 4.69) is 22.1 Å². The highest BCUT2D eigenvalue weighted by Crippen LogP contribution is 2.19. The predicted molar refractivity (Wildman–Crippen MR) is 102 cm³/mol. The maximum Gasteiger partial charge on any atom is 0.182 e. The van der Waals surface area contributed by atoms with Crippen molar-refractivity contribution >= 4 is 22.9 Å². The maximum atomic E-state index is 12.5. The third kappa shape index (κ3) is 4.31. The molecule has 0 radical (unpaired) electrons. The number of thiazole rings is 1. The first-order chi connectivity index (χ1) is 12.0. The average Bonchev–Trinajstić information content (AvgIpc) is 3.03. The molecule has 5 heteroatoms. The van der Waals surface area contributed by atoms with Crippen molar-refractivity contribution in [2.24, 2.45) is 0 Å². The van der Waals surface area contributed by atoms with Crippen LogP contribution in [0.3, 0.4) is 0 Å². The van der Waals surface area contributed by atoms with E-state index in [1.54, 1.807) is 11.3 Å². The standard InChI is InChI=1S/C20H21N3OS/c1-13-10-19(21)22-14(2)16(13)8-9-18(24)17-12-25-20(23-17)11-15-6-4-3-5-7-15/h3-7,10,12H,8-9,11H2,1-2H3,(H2,21,22). The molecule has 0 amide bonds. The Morgan fingerprint density at radius 2 is 1.92 bits per heavy atom. The van der Waals surface area contributed by atoms with Gasteiger partial charge in [0.15, 0.2) is 5.78 Å². The van der Waals surface area contributed by atoms with Gasteiger partial charge in [0.2, 0.25) is 0 Å². The number of rotatable bonds is 6. The molecule has 0 spiro atoms. The largest absolute Gasteiger partial charge is 0.384 e. The normalized spacial score (nSPS) is 10.8. The first-order valence-corrected chi connectivity index (χ1v) is 9.15. The van der Waals surface area contributed by atoms with Gasteiger partial charge in [-0.05, 0) is 43.0 Å². The Labute approximate surface area is 151 Å². The molecular weight excluding hydrogens is 330 g/mol. The number of nitrogens with two attached hydrogens (primary N) is 1. The molecule has 25 heavy (non-hydrogen) atoms. The number of carbonyl (C=O) groups is 1. The minimum Gasteiger partial charge on any atom is -0.384 e. The molecule has 1 aromatic carbocycles. The Morgan fingerprint density at radius 1 is 1.16 bits per heavy atom. The Balaban J connectivity index is 1.64. The molecule has 2 aromatic heterocycles. The second kappa shape index (κ2) is 7.57. The topological polar surface area (TPSA) is 68.9 Å². The maximum absolute atomic E-state index is 12.5. The van der Waals surface area contributed by atoms with Gasteiger partial charge in [-0.1, -0.05) is 30.3 Å². The molecular formula is C20H21N3OS. The summed E-state index contributed by atoms with van der Waals surface area (Å²) in [6, 6.07) is 12.0. The summed E-state index contributed by atoms with van der Waals surface area (Å²) in [4.78, 5) is 21.3. The van der Waals surface area contributed by atoms with E-state index in [9.17, 15) is 4.79 Å². The number of nitrogens with zero attached hydrogens (tertiary/aromatic N) is 2. The van der Waals surface area contributed by atoms with Crippen LogP contribution in [0.25, 0.3) is 0 Å². The van der Waals surface area contributed by atoms with Crippen LogP contribution in [0.1, 0.15) is 44.3 Å². The highest BCUT2D eigenvalue weighted by atomic mass is 32.1. The lowest BCUT2D eigenvalue weighted by Crippen LogP contribution is -2.06. The number of aromatic nitrogens is 2. The summed E-state index contributed by atoms with van der Waals surface area (Å²) in [6.07, 6.45) is 1.86. The molecule has 0 aliphatic heterocycles. The number of benzene rings is 1. The van der Waals surface area contributed by atoms with E-state index in [1.165, 1.54) is 5.56 Å². The molecule has 0 aliphatic carbocycles. The van der Waals surface area contributed by atoms with E-state index < -0.39 is 0 Å². The van der Waals surface area contributed by atoms with Crippen molar-refractivity contribution in [2.75, 3.05) is 5.73 Å². The molecule has 0 saturated heterocycles.